The van der Waals surface area contributed by atoms with Gasteiger partial charge in [-0.1, -0.05) is 0 Å². The van der Waals surface area contributed by atoms with Crippen molar-refractivity contribution in [2.75, 3.05) is 7.11 Å². The lowest BCUT2D eigenvalue weighted by atomic mass is 9.80. The fourth-order valence-electron chi connectivity index (χ4n) is 1.65. The third-order valence-corrected chi connectivity index (χ3v) is 2.98. The lowest BCUT2D eigenvalue weighted by Crippen LogP contribution is -2.37. The summed E-state index contributed by atoms with van der Waals surface area (Å²) < 4.78 is 4.69. The molecule has 1 aromatic rings. The van der Waals surface area contributed by atoms with Crippen LogP contribution in [-0.2, 0) is 9.53 Å². The maximum atomic E-state index is 11.7. The molecule has 0 spiro atoms. The number of nitrogens with two attached hydrogens (primary N) is 1. The molecule has 19 heavy (non-hydrogen) atoms. The minimum atomic E-state index is -1.000. The van der Waals surface area contributed by atoms with Crippen molar-refractivity contribution in [3.05, 3.63) is 29.3 Å². The van der Waals surface area contributed by atoms with Crippen LogP contribution in [0.1, 0.15) is 31.0 Å². The summed E-state index contributed by atoms with van der Waals surface area (Å²) in [6.07, 6.45) is 0. The summed E-state index contributed by atoms with van der Waals surface area (Å²) in [7, 11) is 1.28. The van der Waals surface area contributed by atoms with Gasteiger partial charge in [0.15, 0.2) is 0 Å². The molecule has 3 N–H and O–H groups in total. The largest absolute Gasteiger partial charge is 0.508 e. The van der Waals surface area contributed by atoms with E-state index in [9.17, 15) is 9.90 Å². The Morgan fingerprint density at radius 3 is 2.58 bits per heavy atom. The number of nitrogens with zero attached hydrogens (tertiary/aromatic N) is 1. The summed E-state index contributed by atoms with van der Waals surface area (Å²) >= 11 is 0. The van der Waals surface area contributed by atoms with Crippen LogP contribution in [0.3, 0.4) is 0 Å². The standard InChI is InChI=1S/C13H16N2O3.ClH/c1-13(2,12(17)18-3)11(15)9-6-8(7-14)4-5-10(9)16;/h4-6,11,16H,15H2,1-3H3;1H/t11-;/m0./s1. The zero-order chi connectivity index (χ0) is 13.9. The van der Waals surface area contributed by atoms with E-state index in [4.69, 9.17) is 11.0 Å². The lowest BCUT2D eigenvalue weighted by molar-refractivity contribution is -0.152. The van der Waals surface area contributed by atoms with E-state index in [-0.39, 0.29) is 18.2 Å². The molecular formula is C13H17ClN2O3. The number of hydrogen-bond donors (Lipinski definition) is 2. The predicted octanol–water partition coefficient (Wildman–Crippen LogP) is 1.88. The van der Waals surface area contributed by atoms with Crippen LogP contribution in [0, 0.1) is 16.7 Å². The molecule has 1 aromatic carbocycles. The second-order valence-corrected chi connectivity index (χ2v) is 4.58. The van der Waals surface area contributed by atoms with Gasteiger partial charge in [0, 0.05) is 11.6 Å². The number of carbonyl (C=O) groups excluding carboxylic acids is 1. The second-order valence-electron chi connectivity index (χ2n) is 4.58. The molecule has 0 aliphatic rings. The highest BCUT2D eigenvalue weighted by Crippen LogP contribution is 2.36. The number of phenols is 1. The molecule has 0 fully saturated rings. The second kappa shape index (κ2) is 6.41. The number of nitriles is 1. The first-order chi connectivity index (χ1) is 8.34. The van der Waals surface area contributed by atoms with Crippen LogP contribution in [-0.4, -0.2) is 18.2 Å². The van der Waals surface area contributed by atoms with Gasteiger partial charge in [-0.3, -0.25) is 4.79 Å². The van der Waals surface area contributed by atoms with Crippen molar-refractivity contribution in [1.82, 2.24) is 0 Å². The summed E-state index contributed by atoms with van der Waals surface area (Å²) in [6, 6.07) is 5.55. The van der Waals surface area contributed by atoms with E-state index in [2.05, 4.69) is 4.74 Å². The number of rotatable bonds is 3. The minimum Gasteiger partial charge on any atom is -0.508 e. The highest BCUT2D eigenvalue weighted by molar-refractivity contribution is 5.85. The van der Waals surface area contributed by atoms with Crippen LogP contribution < -0.4 is 5.73 Å². The third-order valence-electron chi connectivity index (χ3n) is 2.98. The number of benzene rings is 1. The van der Waals surface area contributed by atoms with E-state index < -0.39 is 17.4 Å². The Kier molecular flexibility index (Phi) is 5.81. The highest BCUT2D eigenvalue weighted by atomic mass is 35.5. The van der Waals surface area contributed by atoms with E-state index in [1.165, 1.54) is 25.3 Å². The Balaban J connectivity index is 0.00000324. The van der Waals surface area contributed by atoms with Crippen LogP contribution in [0.4, 0.5) is 0 Å². The van der Waals surface area contributed by atoms with Crippen LogP contribution in [0.25, 0.3) is 0 Å². The van der Waals surface area contributed by atoms with Crippen LogP contribution in [0.5, 0.6) is 5.75 Å². The first-order valence-corrected chi connectivity index (χ1v) is 5.41. The van der Waals surface area contributed by atoms with E-state index >= 15 is 0 Å². The van der Waals surface area contributed by atoms with Gasteiger partial charge in [-0.2, -0.15) is 5.26 Å². The third kappa shape index (κ3) is 3.37. The maximum Gasteiger partial charge on any atom is 0.313 e. The first kappa shape index (κ1) is 17.2. The number of halogens is 1. The van der Waals surface area contributed by atoms with Crippen molar-refractivity contribution in [1.29, 1.82) is 5.26 Å². The molecule has 0 saturated heterocycles. The fourth-order valence-corrected chi connectivity index (χ4v) is 1.65. The van der Waals surface area contributed by atoms with E-state index in [1.807, 2.05) is 6.07 Å². The molecule has 0 saturated carbocycles. The Morgan fingerprint density at radius 1 is 1.53 bits per heavy atom. The lowest BCUT2D eigenvalue weighted by Gasteiger charge is -2.29. The van der Waals surface area contributed by atoms with E-state index in [1.54, 1.807) is 13.8 Å². The van der Waals surface area contributed by atoms with E-state index in [0.29, 0.717) is 11.1 Å². The molecule has 0 aromatic heterocycles. The molecule has 0 aliphatic carbocycles. The number of ether oxygens (including phenoxy) is 1. The van der Waals surface area contributed by atoms with Crippen LogP contribution >= 0.6 is 12.4 Å². The fraction of sp³-hybridized carbons (Fsp3) is 0.385. The zero-order valence-corrected chi connectivity index (χ0v) is 11.8. The van der Waals surface area contributed by atoms with E-state index in [0.717, 1.165) is 0 Å². The summed E-state index contributed by atoms with van der Waals surface area (Å²) in [4.78, 5) is 11.7. The monoisotopic (exact) mass is 284 g/mol. The molecule has 6 heteroatoms. The summed E-state index contributed by atoms with van der Waals surface area (Å²) in [5.41, 5.74) is 5.73. The van der Waals surface area contributed by atoms with Crippen molar-refractivity contribution < 1.29 is 14.6 Å². The SMILES string of the molecule is COC(=O)C(C)(C)[C@@H](N)c1cc(C#N)ccc1O.Cl. The normalized spacial score (nSPS) is 11.9. The smallest absolute Gasteiger partial charge is 0.313 e. The van der Waals surface area contributed by atoms with Gasteiger partial charge in [-0.15, -0.1) is 12.4 Å². The van der Waals surface area contributed by atoms with Gasteiger partial charge < -0.3 is 15.6 Å². The summed E-state index contributed by atoms with van der Waals surface area (Å²) in [5, 5.41) is 18.6. The molecule has 5 nitrogen and oxygen atoms in total. The molecule has 0 heterocycles. The molecule has 0 bridgehead atoms. The van der Waals surface area contributed by atoms with Crippen molar-refractivity contribution in [2.24, 2.45) is 11.1 Å². The van der Waals surface area contributed by atoms with Gasteiger partial charge in [-0.05, 0) is 32.0 Å². The Hall–Kier alpha value is -1.77. The van der Waals surface area contributed by atoms with Crippen LogP contribution in [0.2, 0.25) is 0 Å². The molecular weight excluding hydrogens is 268 g/mol. The topological polar surface area (TPSA) is 96.3 Å². The molecule has 0 unspecified atom stereocenters. The number of esters is 1. The van der Waals surface area contributed by atoms with Crippen molar-refractivity contribution >= 4 is 18.4 Å². The molecule has 0 amide bonds. The average Bonchev–Trinajstić information content (AvgIpc) is 2.37. The van der Waals surface area contributed by atoms with Gasteiger partial charge in [0.25, 0.3) is 0 Å². The van der Waals surface area contributed by atoms with Gasteiger partial charge >= 0.3 is 5.97 Å². The zero-order valence-electron chi connectivity index (χ0n) is 11.0. The molecule has 0 radical (unpaired) electrons. The molecule has 1 rings (SSSR count). The first-order valence-electron chi connectivity index (χ1n) is 5.41. The number of hydrogen-bond acceptors (Lipinski definition) is 5. The van der Waals surface area contributed by atoms with Gasteiger partial charge in [-0.25, -0.2) is 0 Å². The molecule has 1 atom stereocenters. The minimum absolute atomic E-state index is 0. The van der Waals surface area contributed by atoms with Crippen molar-refractivity contribution in [3.8, 4) is 11.8 Å². The average molecular weight is 285 g/mol. The Labute approximate surface area is 118 Å². The van der Waals surface area contributed by atoms with Crippen molar-refractivity contribution in [2.45, 2.75) is 19.9 Å². The highest BCUT2D eigenvalue weighted by Gasteiger charge is 2.37. The Morgan fingerprint density at radius 2 is 2.11 bits per heavy atom. The molecule has 104 valence electrons. The quantitative estimate of drug-likeness (QED) is 0.826. The summed E-state index contributed by atoms with van der Waals surface area (Å²) in [5.74, 6) is -0.518. The number of methoxy groups -OCH3 is 1. The van der Waals surface area contributed by atoms with Gasteiger partial charge in [0.1, 0.15) is 5.75 Å². The predicted molar refractivity (Wildman–Crippen MR) is 72.8 cm³/mol. The van der Waals surface area contributed by atoms with Crippen LogP contribution in [0.15, 0.2) is 18.2 Å². The number of aromatic hydroxyl groups is 1. The number of carbonyl (C=O) groups is 1. The van der Waals surface area contributed by atoms with Crippen molar-refractivity contribution in [3.63, 3.8) is 0 Å². The number of phenolic OH excluding ortho intramolecular Hbond substituents is 1. The van der Waals surface area contributed by atoms with Gasteiger partial charge in [0.2, 0.25) is 0 Å². The molecule has 0 aliphatic heterocycles. The van der Waals surface area contributed by atoms with Gasteiger partial charge in [0.05, 0.1) is 24.2 Å². The summed E-state index contributed by atoms with van der Waals surface area (Å²) in [6.45, 7) is 3.25. The maximum absolute atomic E-state index is 11.7. The Bertz CT molecular complexity index is 509.